The van der Waals surface area contributed by atoms with Gasteiger partial charge in [-0.3, -0.25) is 4.79 Å². The predicted molar refractivity (Wildman–Crippen MR) is 87.6 cm³/mol. The first-order valence-electron chi connectivity index (χ1n) is 7.25. The third kappa shape index (κ3) is 3.68. The molecule has 0 bridgehead atoms. The smallest absolute Gasteiger partial charge is 0.265 e. The van der Waals surface area contributed by atoms with E-state index in [2.05, 4.69) is 5.32 Å². The van der Waals surface area contributed by atoms with E-state index in [1.54, 1.807) is 49.4 Å². The highest BCUT2D eigenvalue weighted by Crippen LogP contribution is 2.34. The molecule has 0 spiro atoms. The topological polar surface area (TPSA) is 56.8 Å². The van der Waals surface area contributed by atoms with E-state index in [0.29, 0.717) is 41.2 Å². The number of benzene rings is 2. The van der Waals surface area contributed by atoms with Crippen molar-refractivity contribution in [3.63, 3.8) is 0 Å². The van der Waals surface area contributed by atoms with Crippen LogP contribution >= 0.6 is 11.6 Å². The van der Waals surface area contributed by atoms with Gasteiger partial charge in [0.1, 0.15) is 19.0 Å². The average Bonchev–Trinajstić information content (AvgIpc) is 2.56. The zero-order valence-corrected chi connectivity index (χ0v) is 13.3. The maximum atomic E-state index is 12.2. The molecule has 3 rings (SSSR count). The average molecular weight is 334 g/mol. The van der Waals surface area contributed by atoms with E-state index >= 15 is 0 Å². The number of fused-ring (bicyclic) bond motifs is 1. The van der Waals surface area contributed by atoms with Gasteiger partial charge >= 0.3 is 0 Å². The van der Waals surface area contributed by atoms with Crippen molar-refractivity contribution in [3.05, 3.63) is 47.5 Å². The molecular weight excluding hydrogens is 318 g/mol. The molecule has 5 nitrogen and oxygen atoms in total. The molecule has 1 N–H and O–H groups in total. The van der Waals surface area contributed by atoms with Gasteiger partial charge in [0.2, 0.25) is 0 Å². The van der Waals surface area contributed by atoms with Crippen LogP contribution in [0, 0.1) is 0 Å². The van der Waals surface area contributed by atoms with Gasteiger partial charge in [-0.1, -0.05) is 23.7 Å². The van der Waals surface area contributed by atoms with Crippen molar-refractivity contribution in [1.29, 1.82) is 0 Å². The number of nitrogens with one attached hydrogen (secondary N) is 1. The number of halogens is 1. The number of amides is 1. The molecular formula is C17H16ClNO4. The molecule has 0 radical (unpaired) electrons. The van der Waals surface area contributed by atoms with Crippen LogP contribution in [0.25, 0.3) is 0 Å². The Hall–Kier alpha value is -2.40. The van der Waals surface area contributed by atoms with Gasteiger partial charge < -0.3 is 19.5 Å². The van der Waals surface area contributed by atoms with Crippen molar-refractivity contribution in [2.45, 2.75) is 13.0 Å². The lowest BCUT2D eigenvalue weighted by Gasteiger charge is -2.20. The minimum atomic E-state index is -0.686. The highest BCUT2D eigenvalue weighted by molar-refractivity contribution is 6.33. The molecule has 1 aliphatic heterocycles. The van der Waals surface area contributed by atoms with E-state index in [4.69, 9.17) is 25.8 Å². The first kappa shape index (κ1) is 15.5. The minimum absolute atomic E-state index is 0.284. The summed E-state index contributed by atoms with van der Waals surface area (Å²) in [6.07, 6.45) is -0.686. The van der Waals surface area contributed by atoms with Crippen LogP contribution in [-0.2, 0) is 4.79 Å². The molecule has 0 saturated carbocycles. The second kappa shape index (κ2) is 6.79. The summed E-state index contributed by atoms with van der Waals surface area (Å²) >= 11 is 6.03. The first-order chi connectivity index (χ1) is 11.1. The van der Waals surface area contributed by atoms with Crippen LogP contribution in [0.15, 0.2) is 42.5 Å². The fourth-order valence-corrected chi connectivity index (χ4v) is 2.33. The van der Waals surface area contributed by atoms with Crippen molar-refractivity contribution < 1.29 is 19.0 Å². The number of anilines is 1. The molecule has 1 atom stereocenters. The van der Waals surface area contributed by atoms with Gasteiger partial charge in [-0.15, -0.1) is 0 Å². The largest absolute Gasteiger partial charge is 0.486 e. The number of hydrogen-bond donors (Lipinski definition) is 1. The Morgan fingerprint density at radius 3 is 2.70 bits per heavy atom. The number of carbonyl (C=O) groups is 1. The van der Waals surface area contributed by atoms with Crippen LogP contribution in [-0.4, -0.2) is 25.2 Å². The Bertz CT molecular complexity index is 719. The van der Waals surface area contributed by atoms with E-state index in [9.17, 15) is 4.79 Å². The summed E-state index contributed by atoms with van der Waals surface area (Å²) in [4.78, 5) is 12.2. The highest BCUT2D eigenvalue weighted by atomic mass is 35.5. The van der Waals surface area contributed by atoms with Gasteiger partial charge in [0, 0.05) is 6.07 Å². The lowest BCUT2D eigenvalue weighted by molar-refractivity contribution is -0.122. The van der Waals surface area contributed by atoms with E-state index < -0.39 is 6.10 Å². The lowest BCUT2D eigenvalue weighted by Crippen LogP contribution is -2.30. The van der Waals surface area contributed by atoms with Gasteiger partial charge in [0.05, 0.1) is 10.7 Å². The summed E-state index contributed by atoms with van der Waals surface area (Å²) in [5, 5.41) is 3.22. The molecule has 2 aromatic rings. The van der Waals surface area contributed by atoms with Crippen LogP contribution in [0.1, 0.15) is 6.92 Å². The van der Waals surface area contributed by atoms with Gasteiger partial charge in [0.25, 0.3) is 5.91 Å². The van der Waals surface area contributed by atoms with E-state index in [1.165, 1.54) is 0 Å². The lowest BCUT2D eigenvalue weighted by atomic mass is 10.2. The number of ether oxygens (including phenoxy) is 3. The molecule has 0 aromatic heterocycles. The molecule has 0 saturated heterocycles. The van der Waals surface area contributed by atoms with Crippen molar-refractivity contribution in [3.8, 4) is 17.2 Å². The predicted octanol–water partition coefficient (Wildman–Crippen LogP) is 3.52. The Morgan fingerprint density at radius 2 is 1.91 bits per heavy atom. The molecule has 120 valence electrons. The summed E-state index contributed by atoms with van der Waals surface area (Å²) in [5.41, 5.74) is 0.553. The molecule has 0 unspecified atom stereocenters. The monoisotopic (exact) mass is 333 g/mol. The van der Waals surface area contributed by atoms with Crippen LogP contribution in [0.4, 0.5) is 5.69 Å². The third-order valence-corrected chi connectivity index (χ3v) is 3.66. The highest BCUT2D eigenvalue weighted by Gasteiger charge is 2.18. The summed E-state index contributed by atoms with van der Waals surface area (Å²) in [7, 11) is 0. The second-order valence-electron chi connectivity index (χ2n) is 5.03. The molecule has 1 amide bonds. The Morgan fingerprint density at radius 1 is 1.17 bits per heavy atom. The van der Waals surface area contributed by atoms with E-state index in [1.807, 2.05) is 0 Å². The van der Waals surface area contributed by atoms with E-state index in [-0.39, 0.29) is 5.91 Å². The van der Waals surface area contributed by atoms with Crippen molar-refractivity contribution in [2.24, 2.45) is 0 Å². The fraction of sp³-hybridized carbons (Fsp3) is 0.235. The maximum absolute atomic E-state index is 12.2. The van der Waals surface area contributed by atoms with Crippen molar-refractivity contribution in [2.75, 3.05) is 18.5 Å². The zero-order valence-electron chi connectivity index (χ0n) is 12.5. The molecule has 1 aliphatic rings. The fourth-order valence-electron chi connectivity index (χ4n) is 2.15. The summed E-state index contributed by atoms with van der Waals surface area (Å²) in [5.74, 6) is 1.55. The summed E-state index contributed by atoms with van der Waals surface area (Å²) < 4.78 is 16.6. The molecule has 23 heavy (non-hydrogen) atoms. The molecule has 0 fully saturated rings. The number of para-hydroxylation sites is 1. The maximum Gasteiger partial charge on any atom is 0.265 e. The minimum Gasteiger partial charge on any atom is -0.486 e. The summed E-state index contributed by atoms with van der Waals surface area (Å²) in [6, 6.07) is 12.3. The van der Waals surface area contributed by atoms with Crippen LogP contribution in [0.5, 0.6) is 17.2 Å². The summed E-state index contributed by atoms with van der Waals surface area (Å²) in [6.45, 7) is 2.70. The molecule has 0 aliphatic carbocycles. The standard InChI is InChI=1S/C17H16ClNO4/c1-11(17(20)19-14-5-3-2-4-13(14)18)23-12-6-7-15-16(10-12)22-9-8-21-15/h2-7,10-11H,8-9H2,1H3,(H,19,20)/t11-/m1/s1. The molecule has 6 heteroatoms. The van der Waals surface area contributed by atoms with Gasteiger partial charge in [-0.25, -0.2) is 0 Å². The van der Waals surface area contributed by atoms with Crippen LogP contribution < -0.4 is 19.5 Å². The Balaban J connectivity index is 1.65. The number of carbonyl (C=O) groups excluding carboxylic acids is 1. The second-order valence-corrected chi connectivity index (χ2v) is 5.44. The SMILES string of the molecule is C[C@@H](Oc1ccc2c(c1)OCCO2)C(=O)Nc1ccccc1Cl. The van der Waals surface area contributed by atoms with Gasteiger partial charge in [0.15, 0.2) is 17.6 Å². The zero-order chi connectivity index (χ0) is 16.2. The Labute approximate surface area is 139 Å². The molecule has 2 aromatic carbocycles. The van der Waals surface area contributed by atoms with Gasteiger partial charge in [-0.2, -0.15) is 0 Å². The normalized spacial score (nSPS) is 14.0. The van der Waals surface area contributed by atoms with E-state index in [0.717, 1.165) is 0 Å². The van der Waals surface area contributed by atoms with Crippen molar-refractivity contribution >= 4 is 23.2 Å². The Kier molecular flexibility index (Phi) is 4.57. The van der Waals surface area contributed by atoms with Crippen LogP contribution in [0.3, 0.4) is 0 Å². The third-order valence-electron chi connectivity index (χ3n) is 3.33. The first-order valence-corrected chi connectivity index (χ1v) is 7.63. The number of rotatable bonds is 4. The number of hydrogen-bond acceptors (Lipinski definition) is 4. The van der Waals surface area contributed by atoms with Crippen LogP contribution in [0.2, 0.25) is 5.02 Å². The van der Waals surface area contributed by atoms with Crippen molar-refractivity contribution in [1.82, 2.24) is 0 Å². The van der Waals surface area contributed by atoms with Gasteiger partial charge in [-0.05, 0) is 31.2 Å². The molecule has 1 heterocycles. The quantitative estimate of drug-likeness (QED) is 0.930.